The molecule has 0 unspecified atom stereocenters. The van der Waals surface area contributed by atoms with E-state index in [2.05, 4.69) is 15.6 Å². The number of nitrogen functional groups attached to an aromatic ring is 1. The number of nitrogens with one attached hydrogen (secondary N) is 2. The molecule has 1 aliphatic rings. The van der Waals surface area contributed by atoms with E-state index < -0.39 is 5.82 Å². The lowest BCUT2D eigenvalue weighted by atomic mass is 9.93. The molecule has 3 amide bonds. The second-order valence-electron chi connectivity index (χ2n) is 7.88. The second-order valence-corrected chi connectivity index (χ2v) is 7.88. The quantitative estimate of drug-likeness (QED) is 0.568. The lowest BCUT2D eigenvalue weighted by Crippen LogP contribution is -2.50. The van der Waals surface area contributed by atoms with Crippen LogP contribution in [-0.2, 0) is 0 Å². The maximum Gasteiger partial charge on any atom is 0.321 e. The lowest BCUT2D eigenvalue weighted by molar-refractivity contribution is 0.0939. The Kier molecular flexibility index (Phi) is 6.02. The first-order valence-corrected chi connectivity index (χ1v) is 10.3. The van der Waals surface area contributed by atoms with Crippen molar-refractivity contribution in [2.75, 3.05) is 24.1 Å². The topological polar surface area (TPSA) is 100 Å². The number of carbonyl (C=O) groups is 2. The number of carbonyl (C=O) groups excluding carboxylic acids is 2. The molecule has 1 aromatic heterocycles. The summed E-state index contributed by atoms with van der Waals surface area (Å²) < 4.78 is 13.3. The maximum absolute atomic E-state index is 13.3. The van der Waals surface area contributed by atoms with Gasteiger partial charge in [0.2, 0.25) is 0 Å². The van der Waals surface area contributed by atoms with Gasteiger partial charge in [-0.3, -0.25) is 4.79 Å². The van der Waals surface area contributed by atoms with Crippen molar-refractivity contribution < 1.29 is 14.0 Å². The van der Waals surface area contributed by atoms with Crippen LogP contribution in [0.4, 0.5) is 20.7 Å². The molecule has 3 aromatic rings. The highest BCUT2D eigenvalue weighted by atomic mass is 19.1. The van der Waals surface area contributed by atoms with Crippen LogP contribution >= 0.6 is 0 Å². The van der Waals surface area contributed by atoms with Gasteiger partial charge in [-0.05, 0) is 54.4 Å². The summed E-state index contributed by atoms with van der Waals surface area (Å²) in [5.41, 5.74) is 8.49. The van der Waals surface area contributed by atoms with Crippen LogP contribution in [0.1, 0.15) is 40.4 Å². The van der Waals surface area contributed by atoms with E-state index in [1.807, 2.05) is 25.1 Å². The third-order valence-corrected chi connectivity index (χ3v) is 5.55. The number of benzene rings is 2. The van der Waals surface area contributed by atoms with E-state index in [9.17, 15) is 14.0 Å². The minimum atomic E-state index is -0.455. The molecule has 1 fully saturated rings. The van der Waals surface area contributed by atoms with Gasteiger partial charge < -0.3 is 21.3 Å². The highest BCUT2D eigenvalue weighted by molar-refractivity contribution is 5.94. The largest absolute Gasteiger partial charge is 0.384 e. The summed E-state index contributed by atoms with van der Waals surface area (Å²) in [7, 11) is 0. The van der Waals surface area contributed by atoms with Crippen LogP contribution < -0.4 is 16.4 Å². The second kappa shape index (κ2) is 9.05. The average Bonchev–Trinajstić information content (AvgIpc) is 2.74. The van der Waals surface area contributed by atoms with Crippen molar-refractivity contribution in [3.05, 3.63) is 89.4 Å². The third-order valence-electron chi connectivity index (χ3n) is 5.55. The minimum absolute atomic E-state index is 0.162. The van der Waals surface area contributed by atoms with Crippen molar-refractivity contribution in [3.8, 4) is 0 Å². The van der Waals surface area contributed by atoms with E-state index >= 15 is 0 Å². The zero-order valence-corrected chi connectivity index (χ0v) is 17.6. The molecule has 4 N–H and O–H groups in total. The number of likely N-dealkylation sites (tertiary alicyclic amines) is 1. The summed E-state index contributed by atoms with van der Waals surface area (Å²) in [6.45, 7) is 3.09. The van der Waals surface area contributed by atoms with E-state index in [0.29, 0.717) is 24.6 Å². The molecule has 7 nitrogen and oxygen atoms in total. The fraction of sp³-hybridized carbons (Fsp3) is 0.208. The van der Waals surface area contributed by atoms with E-state index in [0.717, 1.165) is 11.1 Å². The van der Waals surface area contributed by atoms with Crippen LogP contribution in [0.5, 0.6) is 0 Å². The molecule has 32 heavy (non-hydrogen) atoms. The number of urea groups is 1. The SMILES string of the molecule is C[C@H](NC(=O)c1cccc(F)c1)c1ccc(NC(=O)N2CC(c3ccc(N)nc3)C2)cc1. The number of hydrogen-bond acceptors (Lipinski definition) is 4. The molecule has 0 radical (unpaired) electrons. The van der Waals surface area contributed by atoms with E-state index in [4.69, 9.17) is 5.73 Å². The normalized spacial score (nSPS) is 14.4. The van der Waals surface area contributed by atoms with Crippen LogP contribution in [0.15, 0.2) is 66.9 Å². The molecule has 2 heterocycles. The van der Waals surface area contributed by atoms with Gasteiger partial charge in [0.25, 0.3) is 5.91 Å². The molecule has 0 bridgehead atoms. The summed E-state index contributed by atoms with van der Waals surface area (Å²) in [5, 5.41) is 5.73. The molecule has 0 saturated carbocycles. The first-order chi connectivity index (χ1) is 15.4. The van der Waals surface area contributed by atoms with Gasteiger partial charge in [-0.2, -0.15) is 0 Å². The highest BCUT2D eigenvalue weighted by Gasteiger charge is 2.32. The number of halogens is 1. The number of nitrogens with two attached hydrogens (primary N) is 1. The van der Waals surface area contributed by atoms with Gasteiger partial charge in [0.05, 0.1) is 6.04 Å². The van der Waals surface area contributed by atoms with Crippen molar-refractivity contribution in [1.82, 2.24) is 15.2 Å². The molecule has 1 saturated heterocycles. The summed E-state index contributed by atoms with van der Waals surface area (Å²) in [4.78, 5) is 30.6. The van der Waals surface area contributed by atoms with Gasteiger partial charge in [-0.25, -0.2) is 14.2 Å². The molecular formula is C24H24FN5O2. The summed E-state index contributed by atoms with van der Waals surface area (Å²) in [5.74, 6) is -0.0604. The highest BCUT2D eigenvalue weighted by Crippen LogP contribution is 2.27. The Bertz CT molecular complexity index is 1110. The molecule has 4 rings (SSSR count). The Morgan fingerprint density at radius 3 is 2.53 bits per heavy atom. The molecule has 0 spiro atoms. The van der Waals surface area contributed by atoms with E-state index in [1.165, 1.54) is 18.2 Å². The monoisotopic (exact) mass is 433 g/mol. The van der Waals surface area contributed by atoms with E-state index in [1.54, 1.807) is 35.4 Å². The minimum Gasteiger partial charge on any atom is -0.384 e. The number of anilines is 2. The van der Waals surface area contributed by atoms with Gasteiger partial charge >= 0.3 is 6.03 Å². The Morgan fingerprint density at radius 1 is 1.12 bits per heavy atom. The Hall–Kier alpha value is -3.94. The number of amides is 3. The molecule has 2 aromatic carbocycles. The number of rotatable bonds is 5. The van der Waals surface area contributed by atoms with Crippen LogP contribution in [-0.4, -0.2) is 34.9 Å². The van der Waals surface area contributed by atoms with Crippen LogP contribution in [0.3, 0.4) is 0 Å². The van der Waals surface area contributed by atoms with Crippen molar-refractivity contribution >= 4 is 23.4 Å². The van der Waals surface area contributed by atoms with Crippen molar-refractivity contribution in [2.45, 2.75) is 18.9 Å². The fourth-order valence-corrected chi connectivity index (χ4v) is 3.56. The third kappa shape index (κ3) is 4.85. The first-order valence-electron chi connectivity index (χ1n) is 10.3. The fourth-order valence-electron chi connectivity index (χ4n) is 3.56. The predicted octanol–water partition coefficient (Wildman–Crippen LogP) is 3.93. The van der Waals surface area contributed by atoms with Crippen molar-refractivity contribution in [3.63, 3.8) is 0 Å². The molecule has 1 atom stereocenters. The van der Waals surface area contributed by atoms with E-state index in [-0.39, 0.29) is 29.5 Å². The molecule has 1 aliphatic heterocycles. The first kappa shape index (κ1) is 21.3. The lowest BCUT2D eigenvalue weighted by Gasteiger charge is -2.39. The Balaban J connectivity index is 1.28. The van der Waals surface area contributed by atoms with Crippen LogP contribution in [0.25, 0.3) is 0 Å². The van der Waals surface area contributed by atoms with Crippen LogP contribution in [0, 0.1) is 5.82 Å². The zero-order chi connectivity index (χ0) is 22.7. The van der Waals surface area contributed by atoms with Gasteiger partial charge in [0.15, 0.2) is 0 Å². The summed E-state index contributed by atoms with van der Waals surface area (Å²) in [6, 6.07) is 16.1. The van der Waals surface area contributed by atoms with Crippen LogP contribution in [0.2, 0.25) is 0 Å². The molecule has 0 aliphatic carbocycles. The van der Waals surface area contributed by atoms with Gasteiger partial charge in [-0.15, -0.1) is 0 Å². The van der Waals surface area contributed by atoms with Crippen molar-refractivity contribution in [2.24, 2.45) is 0 Å². The molecular weight excluding hydrogens is 409 g/mol. The number of aromatic nitrogens is 1. The standard InChI is InChI=1S/C24H24FN5O2/c1-15(28-23(31)17-3-2-4-20(25)11-17)16-5-8-21(9-6-16)29-24(32)30-13-19(14-30)18-7-10-22(26)27-12-18/h2-12,15,19H,13-14H2,1H3,(H2,26,27)(H,28,31)(H,29,32)/t15-/m0/s1. The van der Waals surface area contributed by atoms with Gasteiger partial charge in [-0.1, -0.05) is 24.3 Å². The summed E-state index contributed by atoms with van der Waals surface area (Å²) in [6.07, 6.45) is 1.75. The number of pyridine rings is 1. The Labute approximate surface area is 185 Å². The molecule has 8 heteroatoms. The zero-order valence-electron chi connectivity index (χ0n) is 17.6. The smallest absolute Gasteiger partial charge is 0.321 e. The van der Waals surface area contributed by atoms with Crippen molar-refractivity contribution in [1.29, 1.82) is 0 Å². The van der Waals surface area contributed by atoms with Gasteiger partial charge in [0.1, 0.15) is 11.6 Å². The Morgan fingerprint density at radius 2 is 1.88 bits per heavy atom. The maximum atomic E-state index is 13.3. The number of hydrogen-bond donors (Lipinski definition) is 3. The molecule has 164 valence electrons. The summed E-state index contributed by atoms with van der Waals surface area (Å²) >= 11 is 0. The predicted molar refractivity (Wildman–Crippen MR) is 121 cm³/mol. The average molecular weight is 433 g/mol. The van der Waals surface area contributed by atoms with Gasteiger partial charge in [0, 0.05) is 36.5 Å². The number of nitrogens with zero attached hydrogens (tertiary/aromatic N) is 2.